The molecular weight excluding hydrogens is 230 g/mol. The molecule has 2 rings (SSSR count). The van der Waals surface area contributed by atoms with E-state index in [0.29, 0.717) is 6.41 Å². The van der Waals surface area contributed by atoms with Gasteiger partial charge in [-0.2, -0.15) is 0 Å². The number of benzene rings is 1. The number of fused-ring (bicyclic) bond motifs is 1. The van der Waals surface area contributed by atoms with E-state index >= 15 is 0 Å². The quantitative estimate of drug-likeness (QED) is 0.780. The minimum Gasteiger partial charge on any atom is -0.481 e. The average molecular weight is 247 g/mol. The molecule has 1 amide bonds. The number of amides is 1. The Balaban J connectivity index is 2.34. The molecule has 1 aliphatic carbocycles. The van der Waals surface area contributed by atoms with Crippen LogP contribution in [0.15, 0.2) is 18.2 Å². The molecule has 0 heterocycles. The lowest BCUT2D eigenvalue weighted by Gasteiger charge is -2.23. The van der Waals surface area contributed by atoms with E-state index in [1.807, 2.05) is 12.1 Å². The minimum absolute atomic E-state index is 0.0742. The second kappa shape index (κ2) is 5.67. The van der Waals surface area contributed by atoms with E-state index in [2.05, 4.69) is 11.4 Å². The van der Waals surface area contributed by atoms with E-state index in [1.165, 1.54) is 17.5 Å². The molecule has 0 spiro atoms. The zero-order valence-corrected chi connectivity index (χ0v) is 10.2. The normalized spacial score (nSPS) is 15.6. The summed E-state index contributed by atoms with van der Waals surface area (Å²) in [7, 11) is 0. The highest BCUT2D eigenvalue weighted by Gasteiger charge is 2.21. The van der Waals surface area contributed by atoms with Crippen LogP contribution in [0.3, 0.4) is 0 Å². The van der Waals surface area contributed by atoms with Crippen molar-refractivity contribution in [1.82, 2.24) is 5.32 Å². The molecule has 0 saturated heterocycles. The van der Waals surface area contributed by atoms with Crippen LogP contribution in [0.5, 0.6) is 0 Å². The third kappa shape index (κ3) is 2.70. The Morgan fingerprint density at radius 1 is 1.39 bits per heavy atom. The molecule has 0 aliphatic heterocycles. The summed E-state index contributed by atoms with van der Waals surface area (Å²) < 4.78 is 0. The largest absolute Gasteiger partial charge is 0.481 e. The number of aliphatic carboxylic acids is 1. The fraction of sp³-hybridized carbons (Fsp3) is 0.429. The second-order valence-corrected chi connectivity index (χ2v) is 4.63. The molecule has 18 heavy (non-hydrogen) atoms. The van der Waals surface area contributed by atoms with Crippen LogP contribution in [0.4, 0.5) is 0 Å². The van der Waals surface area contributed by atoms with Gasteiger partial charge in [-0.05, 0) is 42.4 Å². The molecule has 4 nitrogen and oxygen atoms in total. The molecule has 1 aliphatic rings. The zero-order valence-electron chi connectivity index (χ0n) is 10.2. The zero-order chi connectivity index (χ0) is 13.0. The molecule has 4 heteroatoms. The van der Waals surface area contributed by atoms with Crippen molar-refractivity contribution in [1.29, 1.82) is 0 Å². The number of hydrogen-bond donors (Lipinski definition) is 2. The summed E-state index contributed by atoms with van der Waals surface area (Å²) >= 11 is 0. The van der Waals surface area contributed by atoms with Crippen LogP contribution in [-0.4, -0.2) is 17.5 Å². The number of carbonyl (C=O) groups excluding carboxylic acids is 1. The Kier molecular flexibility index (Phi) is 3.97. The Morgan fingerprint density at radius 2 is 2.17 bits per heavy atom. The van der Waals surface area contributed by atoms with Gasteiger partial charge in [0.05, 0.1) is 12.5 Å². The lowest BCUT2D eigenvalue weighted by molar-refractivity contribution is -0.137. The molecule has 1 unspecified atom stereocenters. The van der Waals surface area contributed by atoms with Crippen molar-refractivity contribution < 1.29 is 14.7 Å². The highest BCUT2D eigenvalue weighted by atomic mass is 16.4. The summed E-state index contributed by atoms with van der Waals surface area (Å²) in [6.45, 7) is 0. The van der Waals surface area contributed by atoms with Gasteiger partial charge in [-0.15, -0.1) is 0 Å². The van der Waals surface area contributed by atoms with Gasteiger partial charge in [0.15, 0.2) is 0 Å². The fourth-order valence-corrected chi connectivity index (χ4v) is 2.65. The molecule has 1 aromatic carbocycles. The minimum atomic E-state index is -0.900. The van der Waals surface area contributed by atoms with Gasteiger partial charge in [-0.1, -0.05) is 18.2 Å². The Morgan fingerprint density at radius 3 is 2.89 bits per heavy atom. The van der Waals surface area contributed by atoms with Crippen LogP contribution in [0.2, 0.25) is 0 Å². The first-order valence-electron chi connectivity index (χ1n) is 6.24. The van der Waals surface area contributed by atoms with Crippen molar-refractivity contribution in [3.63, 3.8) is 0 Å². The number of rotatable bonds is 5. The molecular formula is C14H17NO3. The van der Waals surface area contributed by atoms with Crippen LogP contribution in [-0.2, 0) is 22.4 Å². The van der Waals surface area contributed by atoms with Gasteiger partial charge in [-0.25, -0.2) is 0 Å². The number of hydrogen-bond acceptors (Lipinski definition) is 2. The Bertz CT molecular complexity index is 456. The third-order valence-corrected chi connectivity index (χ3v) is 3.46. The van der Waals surface area contributed by atoms with Crippen LogP contribution in [0.25, 0.3) is 0 Å². The van der Waals surface area contributed by atoms with Gasteiger partial charge in [-0.3, -0.25) is 9.59 Å². The van der Waals surface area contributed by atoms with E-state index in [9.17, 15) is 9.59 Å². The summed E-state index contributed by atoms with van der Waals surface area (Å²) in [6.07, 6.45) is 4.84. The van der Waals surface area contributed by atoms with Gasteiger partial charge < -0.3 is 10.4 Å². The van der Waals surface area contributed by atoms with Crippen molar-refractivity contribution in [2.75, 3.05) is 0 Å². The van der Waals surface area contributed by atoms with Gasteiger partial charge in [0.2, 0.25) is 6.41 Å². The van der Waals surface area contributed by atoms with Crippen molar-refractivity contribution in [2.24, 2.45) is 0 Å². The van der Waals surface area contributed by atoms with Gasteiger partial charge >= 0.3 is 5.97 Å². The predicted octanol–water partition coefficient (Wildman–Crippen LogP) is 1.83. The number of carbonyl (C=O) groups is 2. The molecule has 2 N–H and O–H groups in total. The second-order valence-electron chi connectivity index (χ2n) is 4.63. The molecule has 1 aromatic rings. The first-order chi connectivity index (χ1) is 8.72. The van der Waals surface area contributed by atoms with Crippen LogP contribution >= 0.6 is 0 Å². The summed E-state index contributed by atoms with van der Waals surface area (Å²) in [5.41, 5.74) is 3.48. The summed E-state index contributed by atoms with van der Waals surface area (Å²) in [5.74, 6) is -0.900. The number of aryl methyl sites for hydroxylation is 1. The smallest absolute Gasteiger partial charge is 0.305 e. The van der Waals surface area contributed by atoms with E-state index in [-0.39, 0.29) is 6.42 Å². The lowest BCUT2D eigenvalue weighted by Crippen LogP contribution is -2.24. The number of nitrogens with one attached hydrogen (secondary N) is 1. The van der Waals surface area contributed by atoms with Crippen molar-refractivity contribution >= 4 is 12.4 Å². The monoisotopic (exact) mass is 247 g/mol. The molecule has 0 fully saturated rings. The van der Waals surface area contributed by atoms with E-state index < -0.39 is 12.0 Å². The number of carboxylic acid groups (broad SMARTS) is 1. The van der Waals surface area contributed by atoms with Crippen molar-refractivity contribution in [3.8, 4) is 0 Å². The van der Waals surface area contributed by atoms with E-state index in [0.717, 1.165) is 24.8 Å². The van der Waals surface area contributed by atoms with Gasteiger partial charge in [0.1, 0.15) is 0 Å². The van der Waals surface area contributed by atoms with Crippen LogP contribution < -0.4 is 5.32 Å². The lowest BCUT2D eigenvalue weighted by atomic mass is 9.85. The maximum Gasteiger partial charge on any atom is 0.305 e. The maximum atomic E-state index is 10.9. The number of carboxylic acids is 1. The standard InChI is InChI=1S/C14H17NO3/c16-9-15-13(8-14(17)18)12-7-3-5-10-4-1-2-6-11(10)12/h3,5,7,9,13H,1-2,4,6,8H2,(H,15,16)(H,17,18). The van der Waals surface area contributed by atoms with E-state index in [4.69, 9.17) is 5.11 Å². The molecule has 1 atom stereocenters. The summed E-state index contributed by atoms with van der Waals surface area (Å²) in [4.78, 5) is 21.5. The molecule has 0 bridgehead atoms. The molecule has 0 aromatic heterocycles. The van der Waals surface area contributed by atoms with Crippen LogP contribution in [0, 0.1) is 0 Å². The topological polar surface area (TPSA) is 66.4 Å². The highest BCUT2D eigenvalue weighted by molar-refractivity contribution is 5.69. The third-order valence-electron chi connectivity index (χ3n) is 3.46. The van der Waals surface area contributed by atoms with Crippen molar-refractivity contribution in [2.45, 2.75) is 38.1 Å². The maximum absolute atomic E-state index is 10.9. The van der Waals surface area contributed by atoms with Crippen molar-refractivity contribution in [3.05, 3.63) is 34.9 Å². The van der Waals surface area contributed by atoms with Gasteiger partial charge in [0.25, 0.3) is 0 Å². The average Bonchev–Trinajstić information content (AvgIpc) is 2.37. The predicted molar refractivity (Wildman–Crippen MR) is 67.3 cm³/mol. The summed E-state index contributed by atoms with van der Waals surface area (Å²) in [6, 6.07) is 5.54. The molecule has 96 valence electrons. The molecule has 0 saturated carbocycles. The first-order valence-corrected chi connectivity index (χ1v) is 6.24. The fourth-order valence-electron chi connectivity index (χ4n) is 2.65. The Hall–Kier alpha value is -1.84. The SMILES string of the molecule is O=CNC(CC(=O)O)c1cccc2c1CCCC2. The summed E-state index contributed by atoms with van der Waals surface area (Å²) in [5, 5.41) is 11.5. The Labute approximate surface area is 106 Å². The van der Waals surface area contributed by atoms with E-state index in [1.54, 1.807) is 0 Å². The first kappa shape index (κ1) is 12.6. The van der Waals surface area contributed by atoms with Gasteiger partial charge in [0, 0.05) is 0 Å². The molecule has 0 radical (unpaired) electrons. The van der Waals surface area contributed by atoms with Crippen LogP contribution in [0.1, 0.15) is 42.0 Å². The highest BCUT2D eigenvalue weighted by Crippen LogP contribution is 2.29.